The summed E-state index contributed by atoms with van der Waals surface area (Å²) in [4.78, 5) is 10.1. The second-order valence-corrected chi connectivity index (χ2v) is 17.4. The predicted octanol–water partition coefficient (Wildman–Crippen LogP) is 16.7. The Morgan fingerprint density at radius 2 is 0.603 bits per heavy atom. The highest BCUT2D eigenvalue weighted by atomic mass is 15.0. The first kappa shape index (κ1) is 39.3. The van der Waals surface area contributed by atoms with Gasteiger partial charge in [0.15, 0.2) is 5.82 Å². The topological polar surface area (TPSA) is 35.6 Å². The van der Waals surface area contributed by atoms with Crippen LogP contribution in [-0.2, 0) is 0 Å². The van der Waals surface area contributed by atoms with E-state index in [1.165, 1.54) is 71.5 Å². The predicted molar refractivity (Wildman–Crippen MR) is 283 cm³/mol. The molecule has 0 saturated carbocycles. The lowest BCUT2D eigenvalue weighted by Crippen LogP contribution is -1.97. The second-order valence-electron chi connectivity index (χ2n) is 17.4. The lowest BCUT2D eigenvalue weighted by molar-refractivity contribution is 1.17. The molecule has 13 rings (SSSR count). The Labute approximate surface area is 394 Å². The SMILES string of the molecule is c1ccc(-c2cc(-c3ccccc3)cc(-n3c4ccccc4c4cc(-c5ccc6c(c5)c5ccccc5n6-c5ccc(-c6cc(-c7ccccc7)nc(-c7ccccc7)n6)cc5)ccc43)c2)cc1. The molecule has 0 unspecified atom stereocenters. The highest BCUT2D eigenvalue weighted by molar-refractivity contribution is 6.13. The number of fused-ring (bicyclic) bond motifs is 6. The number of nitrogens with zero attached hydrogens (tertiary/aromatic N) is 4. The normalized spacial score (nSPS) is 11.5. The third-order valence-corrected chi connectivity index (χ3v) is 13.3. The van der Waals surface area contributed by atoms with Gasteiger partial charge in [0, 0.05) is 49.6 Å². The fourth-order valence-corrected chi connectivity index (χ4v) is 10.0. The van der Waals surface area contributed by atoms with Crippen LogP contribution in [0.2, 0.25) is 0 Å². The van der Waals surface area contributed by atoms with Crippen LogP contribution in [0, 0.1) is 0 Å². The van der Waals surface area contributed by atoms with E-state index in [1.807, 2.05) is 24.3 Å². The van der Waals surface area contributed by atoms with Gasteiger partial charge in [-0.2, -0.15) is 0 Å². The molecule has 3 heterocycles. The van der Waals surface area contributed by atoms with Gasteiger partial charge in [0.2, 0.25) is 0 Å². The maximum absolute atomic E-state index is 5.09. The number of aromatic nitrogens is 4. The first-order chi connectivity index (χ1) is 33.7. The van der Waals surface area contributed by atoms with Crippen molar-refractivity contribution in [2.24, 2.45) is 0 Å². The summed E-state index contributed by atoms with van der Waals surface area (Å²) in [7, 11) is 0. The zero-order valence-electron chi connectivity index (χ0n) is 37.0. The number of hydrogen-bond donors (Lipinski definition) is 0. The minimum absolute atomic E-state index is 0.709. The van der Waals surface area contributed by atoms with Crippen LogP contribution in [-0.4, -0.2) is 19.1 Å². The van der Waals surface area contributed by atoms with E-state index in [0.717, 1.165) is 45.0 Å². The van der Waals surface area contributed by atoms with Crippen LogP contribution in [0.25, 0.3) is 122 Å². The third kappa shape index (κ3) is 6.86. The maximum Gasteiger partial charge on any atom is 0.160 e. The molecule has 0 aliphatic carbocycles. The zero-order chi connectivity index (χ0) is 45.0. The molecule has 0 N–H and O–H groups in total. The lowest BCUT2D eigenvalue weighted by Gasteiger charge is -2.14. The van der Waals surface area contributed by atoms with Crippen molar-refractivity contribution in [1.82, 2.24) is 19.1 Å². The molecule has 4 nitrogen and oxygen atoms in total. The van der Waals surface area contributed by atoms with Gasteiger partial charge in [0.25, 0.3) is 0 Å². The van der Waals surface area contributed by atoms with Crippen LogP contribution < -0.4 is 0 Å². The minimum Gasteiger partial charge on any atom is -0.309 e. The average molecular weight is 867 g/mol. The van der Waals surface area contributed by atoms with E-state index < -0.39 is 0 Å². The Morgan fingerprint density at radius 3 is 1.10 bits per heavy atom. The summed E-state index contributed by atoms with van der Waals surface area (Å²) in [6, 6.07) is 91.3. The van der Waals surface area contributed by atoms with E-state index in [0.29, 0.717) is 5.82 Å². The Bertz CT molecular complexity index is 3870. The standard InChI is InChI=1S/C64H42N4/c1-5-17-43(18-6-1)50-37-51(44-19-7-2-8-20-44)39-53(38-50)68-61-28-16-14-26-55(61)57-41-49(32-36-63(57)68)48-31-35-62-56(40-48)54-25-13-15-27-60(54)67(62)52-33-29-46(30-34-52)59-42-58(45-21-9-3-10-22-45)65-64(66-59)47-23-11-4-12-24-47/h1-42H. The molecule has 0 amide bonds. The summed E-state index contributed by atoms with van der Waals surface area (Å²) in [5.41, 5.74) is 18.9. The lowest BCUT2D eigenvalue weighted by atomic mass is 9.98. The van der Waals surface area contributed by atoms with E-state index in [1.54, 1.807) is 0 Å². The molecule has 0 bridgehead atoms. The van der Waals surface area contributed by atoms with Gasteiger partial charge in [-0.15, -0.1) is 0 Å². The molecule has 0 spiro atoms. The van der Waals surface area contributed by atoms with Crippen molar-refractivity contribution in [3.8, 4) is 78.7 Å². The molecular weight excluding hydrogens is 825 g/mol. The van der Waals surface area contributed by atoms with Crippen LogP contribution in [0.5, 0.6) is 0 Å². The first-order valence-corrected chi connectivity index (χ1v) is 23.1. The number of rotatable bonds is 8. The Morgan fingerprint density at radius 1 is 0.221 bits per heavy atom. The van der Waals surface area contributed by atoms with Gasteiger partial charge >= 0.3 is 0 Å². The molecule has 0 fully saturated rings. The minimum atomic E-state index is 0.709. The maximum atomic E-state index is 5.09. The van der Waals surface area contributed by atoms with Crippen molar-refractivity contribution in [3.05, 3.63) is 255 Å². The van der Waals surface area contributed by atoms with Gasteiger partial charge < -0.3 is 9.13 Å². The van der Waals surface area contributed by atoms with Crippen LogP contribution in [0.3, 0.4) is 0 Å². The molecule has 0 aliphatic rings. The summed E-state index contributed by atoms with van der Waals surface area (Å²) in [6.45, 7) is 0. The summed E-state index contributed by atoms with van der Waals surface area (Å²) in [6.07, 6.45) is 0. The molecular formula is C64H42N4. The molecule has 68 heavy (non-hydrogen) atoms. The quantitative estimate of drug-likeness (QED) is 0.153. The van der Waals surface area contributed by atoms with Crippen LogP contribution in [0.1, 0.15) is 0 Å². The average Bonchev–Trinajstić information content (AvgIpc) is 3.94. The second kappa shape index (κ2) is 16.4. The van der Waals surface area contributed by atoms with Crippen molar-refractivity contribution >= 4 is 43.6 Å². The van der Waals surface area contributed by atoms with Crippen LogP contribution >= 0.6 is 0 Å². The Hall–Kier alpha value is -9.12. The summed E-state index contributed by atoms with van der Waals surface area (Å²) < 4.78 is 4.82. The molecule has 0 saturated heterocycles. The van der Waals surface area contributed by atoms with Gasteiger partial charge in [-0.05, 0) is 106 Å². The third-order valence-electron chi connectivity index (χ3n) is 13.3. The monoisotopic (exact) mass is 866 g/mol. The molecule has 0 atom stereocenters. The molecule has 0 radical (unpaired) electrons. The fraction of sp³-hybridized carbons (Fsp3) is 0. The zero-order valence-corrected chi connectivity index (χ0v) is 37.0. The smallest absolute Gasteiger partial charge is 0.160 e. The van der Waals surface area contributed by atoms with Crippen LogP contribution in [0.4, 0.5) is 0 Å². The van der Waals surface area contributed by atoms with Crippen molar-refractivity contribution < 1.29 is 0 Å². The molecule has 318 valence electrons. The van der Waals surface area contributed by atoms with Gasteiger partial charge in [-0.3, -0.25) is 0 Å². The number of benzene rings is 10. The van der Waals surface area contributed by atoms with E-state index in [2.05, 4.69) is 240 Å². The first-order valence-electron chi connectivity index (χ1n) is 23.1. The Balaban J connectivity index is 0.903. The highest BCUT2D eigenvalue weighted by Crippen LogP contribution is 2.40. The van der Waals surface area contributed by atoms with Gasteiger partial charge in [-0.1, -0.05) is 182 Å². The molecule has 4 heteroatoms. The van der Waals surface area contributed by atoms with Gasteiger partial charge in [0.05, 0.1) is 33.5 Å². The largest absolute Gasteiger partial charge is 0.309 e. The van der Waals surface area contributed by atoms with Crippen molar-refractivity contribution in [2.75, 3.05) is 0 Å². The van der Waals surface area contributed by atoms with E-state index in [9.17, 15) is 0 Å². The summed E-state index contributed by atoms with van der Waals surface area (Å²) in [5.74, 6) is 0.709. The van der Waals surface area contributed by atoms with E-state index in [-0.39, 0.29) is 0 Å². The van der Waals surface area contributed by atoms with E-state index >= 15 is 0 Å². The van der Waals surface area contributed by atoms with Gasteiger partial charge in [-0.25, -0.2) is 9.97 Å². The molecule has 0 aliphatic heterocycles. The molecule has 13 aromatic rings. The highest BCUT2D eigenvalue weighted by Gasteiger charge is 2.18. The van der Waals surface area contributed by atoms with Crippen molar-refractivity contribution in [3.63, 3.8) is 0 Å². The van der Waals surface area contributed by atoms with Crippen molar-refractivity contribution in [2.45, 2.75) is 0 Å². The Kier molecular flexibility index (Phi) is 9.47. The van der Waals surface area contributed by atoms with Crippen LogP contribution in [0.15, 0.2) is 255 Å². The van der Waals surface area contributed by atoms with E-state index in [4.69, 9.17) is 9.97 Å². The fourth-order valence-electron chi connectivity index (χ4n) is 10.0. The van der Waals surface area contributed by atoms with Crippen molar-refractivity contribution in [1.29, 1.82) is 0 Å². The number of para-hydroxylation sites is 2. The molecule has 3 aromatic heterocycles. The number of hydrogen-bond acceptors (Lipinski definition) is 2. The van der Waals surface area contributed by atoms with Gasteiger partial charge in [0.1, 0.15) is 0 Å². The summed E-state index contributed by atoms with van der Waals surface area (Å²) in [5, 5.41) is 4.88. The molecule has 10 aromatic carbocycles. The summed E-state index contributed by atoms with van der Waals surface area (Å²) >= 11 is 0.